The first-order chi connectivity index (χ1) is 6.20. The van der Waals surface area contributed by atoms with Crippen LogP contribution in [0.25, 0.3) is 0 Å². The van der Waals surface area contributed by atoms with Crippen LogP contribution in [0.1, 0.15) is 11.1 Å². The van der Waals surface area contributed by atoms with Gasteiger partial charge in [0, 0.05) is 0 Å². The van der Waals surface area contributed by atoms with Crippen molar-refractivity contribution in [2.75, 3.05) is 0 Å². The number of rotatable bonds is 0. The van der Waals surface area contributed by atoms with E-state index in [0.29, 0.717) is 5.75 Å². The molecule has 0 unspecified atom stereocenters. The van der Waals surface area contributed by atoms with Gasteiger partial charge in [0.2, 0.25) is 0 Å². The van der Waals surface area contributed by atoms with E-state index in [4.69, 9.17) is 24.4 Å². The second-order valence-corrected chi connectivity index (χ2v) is 3.81. The van der Waals surface area contributed by atoms with E-state index in [9.17, 15) is 0 Å². The van der Waals surface area contributed by atoms with Gasteiger partial charge in [0.05, 0.1) is 0 Å². The van der Waals surface area contributed by atoms with Crippen molar-refractivity contribution < 1.29 is 24.4 Å². The van der Waals surface area contributed by atoms with Crippen LogP contribution < -0.4 is 0 Å². The van der Waals surface area contributed by atoms with Crippen LogP contribution in [0.15, 0.2) is 18.2 Å². The summed E-state index contributed by atoms with van der Waals surface area (Å²) in [4.78, 5) is 21.6. The average Bonchev–Trinajstić information content (AvgIpc) is 1.94. The Morgan fingerprint density at radius 3 is 1.79 bits per heavy atom. The normalized spacial score (nSPS) is 10.4. The summed E-state index contributed by atoms with van der Waals surface area (Å²) in [5.74, 6) is 0.345. The van der Waals surface area contributed by atoms with Gasteiger partial charge in [-0.15, -0.1) is 0 Å². The van der Waals surface area contributed by atoms with Crippen LogP contribution in [-0.2, 0) is 4.57 Å². The topological polar surface area (TPSA) is 98.0 Å². The predicted molar refractivity (Wildman–Crippen MR) is 51.8 cm³/mol. The van der Waals surface area contributed by atoms with Crippen molar-refractivity contribution in [2.45, 2.75) is 13.8 Å². The van der Waals surface area contributed by atoms with E-state index in [1.807, 2.05) is 19.9 Å². The molecule has 0 fully saturated rings. The zero-order valence-electron chi connectivity index (χ0n) is 7.88. The Balaban J connectivity index is 0.000000292. The van der Waals surface area contributed by atoms with E-state index in [-0.39, 0.29) is 0 Å². The Morgan fingerprint density at radius 2 is 1.50 bits per heavy atom. The molecule has 0 amide bonds. The van der Waals surface area contributed by atoms with E-state index < -0.39 is 7.82 Å². The third kappa shape index (κ3) is 7.76. The Morgan fingerprint density at radius 1 is 1.07 bits per heavy atom. The summed E-state index contributed by atoms with van der Waals surface area (Å²) in [5, 5.41) is 8.94. The number of phenolic OH excluding ortho intramolecular Hbond substituents is 1. The Hall–Kier alpha value is -0.870. The van der Waals surface area contributed by atoms with Crippen LogP contribution in [-0.4, -0.2) is 19.8 Å². The number of phosphoric acid groups is 1. The summed E-state index contributed by atoms with van der Waals surface area (Å²) >= 11 is 0. The molecule has 0 bridgehead atoms. The molecule has 0 aromatic heterocycles. The van der Waals surface area contributed by atoms with Crippen LogP contribution in [0.3, 0.4) is 0 Å². The number of benzene rings is 1. The average molecular weight is 220 g/mol. The fraction of sp³-hybridized carbons (Fsp3) is 0.250. The summed E-state index contributed by atoms with van der Waals surface area (Å²) in [5.41, 5.74) is 2.35. The van der Waals surface area contributed by atoms with E-state index in [1.54, 1.807) is 12.1 Å². The maximum atomic E-state index is 8.94. The van der Waals surface area contributed by atoms with Crippen LogP contribution in [0.2, 0.25) is 0 Å². The summed E-state index contributed by atoms with van der Waals surface area (Å²) in [7, 11) is -4.64. The molecule has 6 heteroatoms. The minimum atomic E-state index is -4.64. The second-order valence-electron chi connectivity index (χ2n) is 2.78. The Labute approximate surface area is 81.9 Å². The summed E-state index contributed by atoms with van der Waals surface area (Å²) < 4.78 is 8.88. The molecule has 0 aliphatic heterocycles. The molecule has 4 N–H and O–H groups in total. The molecule has 5 nitrogen and oxygen atoms in total. The highest BCUT2D eigenvalue weighted by atomic mass is 31.2. The van der Waals surface area contributed by atoms with Gasteiger partial charge in [-0.1, -0.05) is 6.07 Å². The smallest absolute Gasteiger partial charge is 0.466 e. The molecule has 0 heterocycles. The monoisotopic (exact) mass is 220 g/mol. The van der Waals surface area contributed by atoms with Crippen LogP contribution in [0.4, 0.5) is 0 Å². The molecule has 1 aromatic rings. The number of aryl methyl sites for hydroxylation is 2. The van der Waals surface area contributed by atoms with Gasteiger partial charge in [0.15, 0.2) is 0 Å². The molecule has 1 aromatic carbocycles. The second kappa shape index (κ2) is 5.12. The molecule has 80 valence electrons. The molecule has 0 aliphatic rings. The van der Waals surface area contributed by atoms with Crippen LogP contribution in [0.5, 0.6) is 5.75 Å². The summed E-state index contributed by atoms with van der Waals surface area (Å²) in [6.45, 7) is 4.00. The maximum Gasteiger partial charge on any atom is 0.466 e. The zero-order valence-corrected chi connectivity index (χ0v) is 8.77. The first kappa shape index (κ1) is 13.1. The fourth-order valence-corrected chi connectivity index (χ4v) is 0.726. The molecular weight excluding hydrogens is 207 g/mol. The lowest BCUT2D eigenvalue weighted by molar-refractivity contribution is 0.275. The lowest BCUT2D eigenvalue weighted by atomic mass is 10.1. The molecule has 0 aliphatic carbocycles. The van der Waals surface area contributed by atoms with Crippen molar-refractivity contribution in [3.8, 4) is 5.75 Å². The van der Waals surface area contributed by atoms with Gasteiger partial charge >= 0.3 is 7.82 Å². The van der Waals surface area contributed by atoms with Crippen molar-refractivity contribution in [1.29, 1.82) is 0 Å². The standard InChI is InChI=1S/C8H10O.H3O4P/c1-6-3-4-8(9)5-7(6)2;1-5(2,3)4/h3-5,9H,1-2H3;(H3,1,2,3,4). The van der Waals surface area contributed by atoms with E-state index >= 15 is 0 Å². The summed E-state index contributed by atoms with van der Waals surface area (Å²) in [6.07, 6.45) is 0. The lowest BCUT2D eigenvalue weighted by Crippen LogP contribution is -1.76. The van der Waals surface area contributed by atoms with Crippen molar-refractivity contribution >= 4 is 7.82 Å². The largest absolute Gasteiger partial charge is 0.508 e. The van der Waals surface area contributed by atoms with Crippen molar-refractivity contribution in [1.82, 2.24) is 0 Å². The number of hydrogen-bond donors (Lipinski definition) is 4. The van der Waals surface area contributed by atoms with Gasteiger partial charge in [0.25, 0.3) is 0 Å². The lowest BCUT2D eigenvalue weighted by Gasteiger charge is -1.97. The molecule has 0 spiro atoms. The van der Waals surface area contributed by atoms with Gasteiger partial charge in [0.1, 0.15) is 5.75 Å². The van der Waals surface area contributed by atoms with Gasteiger partial charge < -0.3 is 19.8 Å². The molecule has 14 heavy (non-hydrogen) atoms. The first-order valence-electron chi connectivity index (χ1n) is 3.74. The van der Waals surface area contributed by atoms with E-state index in [1.165, 1.54) is 5.56 Å². The SMILES string of the molecule is Cc1ccc(O)cc1C.O=P(O)(O)O. The molecule has 0 saturated carbocycles. The van der Waals surface area contributed by atoms with Crippen LogP contribution >= 0.6 is 7.82 Å². The highest BCUT2D eigenvalue weighted by Gasteiger charge is 2.00. The highest BCUT2D eigenvalue weighted by molar-refractivity contribution is 7.45. The van der Waals surface area contributed by atoms with E-state index in [0.717, 1.165) is 5.56 Å². The first-order valence-corrected chi connectivity index (χ1v) is 5.31. The zero-order chi connectivity index (χ0) is 11.4. The van der Waals surface area contributed by atoms with Gasteiger partial charge in [-0.05, 0) is 37.1 Å². The van der Waals surface area contributed by atoms with Crippen molar-refractivity contribution in [3.05, 3.63) is 29.3 Å². The Kier molecular flexibility index (Phi) is 4.80. The highest BCUT2D eigenvalue weighted by Crippen LogP contribution is 2.25. The fourth-order valence-electron chi connectivity index (χ4n) is 0.726. The minimum absolute atomic E-state index is 0.345. The Bertz CT molecular complexity index is 335. The third-order valence-electron chi connectivity index (χ3n) is 1.49. The molecule has 0 radical (unpaired) electrons. The van der Waals surface area contributed by atoms with Crippen LogP contribution in [0, 0.1) is 13.8 Å². The van der Waals surface area contributed by atoms with Crippen molar-refractivity contribution in [2.24, 2.45) is 0 Å². The van der Waals surface area contributed by atoms with Gasteiger partial charge in [-0.25, -0.2) is 4.57 Å². The van der Waals surface area contributed by atoms with Gasteiger partial charge in [-0.3, -0.25) is 0 Å². The number of phenols is 1. The molecule has 1 rings (SSSR count). The van der Waals surface area contributed by atoms with E-state index in [2.05, 4.69) is 0 Å². The summed E-state index contributed by atoms with van der Waals surface area (Å²) in [6, 6.07) is 5.36. The van der Waals surface area contributed by atoms with Gasteiger partial charge in [-0.2, -0.15) is 0 Å². The third-order valence-corrected chi connectivity index (χ3v) is 1.49. The van der Waals surface area contributed by atoms with Crippen molar-refractivity contribution in [3.63, 3.8) is 0 Å². The predicted octanol–water partition coefficient (Wildman–Crippen LogP) is 1.08. The molecule has 0 atom stereocenters. The maximum absolute atomic E-state index is 8.94. The number of aromatic hydroxyl groups is 1. The molecule has 0 saturated heterocycles. The molecular formula is C8H13O5P. The minimum Gasteiger partial charge on any atom is -0.508 e. The quantitative estimate of drug-likeness (QED) is 0.490. The number of hydrogen-bond acceptors (Lipinski definition) is 2.